The summed E-state index contributed by atoms with van der Waals surface area (Å²) in [6, 6.07) is 19.8. The number of hydrogen-bond donors (Lipinski definition) is 0. The fourth-order valence-corrected chi connectivity index (χ4v) is 4.13. The highest BCUT2D eigenvalue weighted by Gasteiger charge is 2.30. The molecule has 3 aromatic rings. The fourth-order valence-electron chi connectivity index (χ4n) is 4.13. The quantitative estimate of drug-likeness (QED) is 0.337. The molecule has 1 nitrogen and oxygen atoms in total. The summed E-state index contributed by atoms with van der Waals surface area (Å²) in [5, 5.41) is 0. The van der Waals surface area contributed by atoms with E-state index < -0.39 is 11.7 Å². The number of Topliss-reactive ketones (excluding diaryl/α,β-unsaturated/α-hetero) is 1. The second-order valence-corrected chi connectivity index (χ2v) is 9.32. The zero-order chi connectivity index (χ0) is 24.2. The first kappa shape index (κ1) is 24.8. The smallest absolute Gasteiger partial charge is 0.299 e. The molecule has 0 radical (unpaired) electrons. The van der Waals surface area contributed by atoms with Crippen molar-refractivity contribution in [2.45, 2.75) is 59.1 Å². The monoisotopic (exact) mass is 452 g/mol. The van der Waals surface area contributed by atoms with E-state index in [9.17, 15) is 18.0 Å². The summed E-state index contributed by atoms with van der Waals surface area (Å²) in [4.78, 5) is 12.5. The molecule has 0 spiro atoms. The Labute approximate surface area is 194 Å². The van der Waals surface area contributed by atoms with E-state index in [1.54, 1.807) is 6.92 Å². The van der Waals surface area contributed by atoms with Gasteiger partial charge in [-0.1, -0.05) is 74.0 Å². The molecule has 0 aliphatic heterocycles. The Hall–Kier alpha value is -2.88. The number of hydrogen-bond acceptors (Lipinski definition) is 1. The number of carbonyl (C=O) groups is 1. The first-order valence-electron chi connectivity index (χ1n) is 11.4. The highest BCUT2D eigenvalue weighted by atomic mass is 19.4. The van der Waals surface area contributed by atoms with Gasteiger partial charge in [-0.3, -0.25) is 4.79 Å². The van der Waals surface area contributed by atoms with Gasteiger partial charge in [0.15, 0.2) is 0 Å². The van der Waals surface area contributed by atoms with Crippen molar-refractivity contribution < 1.29 is 18.0 Å². The lowest BCUT2D eigenvalue weighted by Gasteiger charge is -2.19. The Bertz CT molecular complexity index is 1080. The number of halogens is 3. The molecule has 0 saturated heterocycles. The molecule has 0 fully saturated rings. The molecule has 0 amide bonds. The molecular weight excluding hydrogens is 421 g/mol. The minimum absolute atomic E-state index is 0.109. The van der Waals surface area contributed by atoms with Gasteiger partial charge in [0.2, 0.25) is 0 Å². The van der Waals surface area contributed by atoms with Gasteiger partial charge in [-0.2, -0.15) is 13.2 Å². The van der Waals surface area contributed by atoms with Crippen LogP contribution in [0.25, 0.3) is 11.1 Å². The highest BCUT2D eigenvalue weighted by molar-refractivity contribution is 5.84. The fraction of sp³-hybridized carbons (Fsp3) is 0.345. The second kappa shape index (κ2) is 10.4. The van der Waals surface area contributed by atoms with Crippen LogP contribution in [-0.2, 0) is 23.8 Å². The van der Waals surface area contributed by atoms with Crippen molar-refractivity contribution in [3.63, 3.8) is 0 Å². The molecule has 0 bridgehead atoms. The zero-order valence-corrected chi connectivity index (χ0v) is 19.7. The SMILES string of the molecule is CC(=O)C(CC(C)C)c1cc(CCc2ccc(C)cc2)cc(-c2ccc(C(F)(F)F)cc2)c1. The highest BCUT2D eigenvalue weighted by Crippen LogP contribution is 2.34. The standard InChI is InChI=1S/C29H31F3O/c1-19(2)15-28(21(4)33)26-17-23(10-9-22-7-5-20(3)6-8-22)16-25(18-26)24-11-13-27(14-12-24)29(30,31)32/h5-8,11-14,16-19,28H,9-10,15H2,1-4H3. The molecule has 174 valence electrons. The molecule has 1 atom stereocenters. The van der Waals surface area contributed by atoms with Crippen molar-refractivity contribution in [3.8, 4) is 11.1 Å². The Morgan fingerprint density at radius 2 is 1.42 bits per heavy atom. The van der Waals surface area contributed by atoms with Crippen molar-refractivity contribution >= 4 is 5.78 Å². The van der Waals surface area contributed by atoms with Gasteiger partial charge in [0.05, 0.1) is 5.56 Å². The van der Waals surface area contributed by atoms with Gasteiger partial charge in [0, 0.05) is 5.92 Å². The molecule has 0 aliphatic carbocycles. The third-order valence-corrected chi connectivity index (χ3v) is 5.98. The predicted octanol–water partition coefficient (Wildman–Crippen LogP) is 8.18. The van der Waals surface area contributed by atoms with E-state index >= 15 is 0 Å². The first-order valence-corrected chi connectivity index (χ1v) is 11.4. The lowest BCUT2D eigenvalue weighted by Crippen LogP contribution is -2.12. The maximum atomic E-state index is 13.0. The van der Waals surface area contributed by atoms with E-state index in [0.717, 1.165) is 48.1 Å². The Kier molecular flexibility index (Phi) is 7.78. The molecule has 1 unspecified atom stereocenters. The number of ketones is 1. The Morgan fingerprint density at radius 3 is 1.97 bits per heavy atom. The molecule has 33 heavy (non-hydrogen) atoms. The van der Waals surface area contributed by atoms with Gasteiger partial charge in [0.25, 0.3) is 0 Å². The minimum Gasteiger partial charge on any atom is -0.299 e. The average Bonchev–Trinajstić information content (AvgIpc) is 2.76. The van der Waals surface area contributed by atoms with Crippen molar-refractivity contribution in [1.82, 2.24) is 0 Å². The lowest BCUT2D eigenvalue weighted by molar-refractivity contribution is -0.137. The summed E-state index contributed by atoms with van der Waals surface area (Å²) in [5.74, 6) is 0.236. The van der Waals surface area contributed by atoms with Crippen LogP contribution < -0.4 is 0 Å². The van der Waals surface area contributed by atoms with E-state index in [-0.39, 0.29) is 11.7 Å². The Balaban J connectivity index is 1.99. The molecule has 0 saturated carbocycles. The van der Waals surface area contributed by atoms with Crippen molar-refractivity contribution in [1.29, 1.82) is 0 Å². The van der Waals surface area contributed by atoms with Gasteiger partial charge in [-0.05, 0) is 79.0 Å². The number of rotatable bonds is 8. The number of aryl methyl sites for hydroxylation is 3. The molecule has 0 N–H and O–H groups in total. The molecule has 0 heterocycles. The van der Waals surface area contributed by atoms with Gasteiger partial charge >= 0.3 is 6.18 Å². The van der Waals surface area contributed by atoms with Crippen LogP contribution in [0.2, 0.25) is 0 Å². The van der Waals surface area contributed by atoms with Crippen LogP contribution >= 0.6 is 0 Å². The maximum Gasteiger partial charge on any atom is 0.416 e. The first-order chi connectivity index (χ1) is 15.5. The average molecular weight is 453 g/mol. The summed E-state index contributed by atoms with van der Waals surface area (Å²) in [5.41, 5.74) is 5.35. The van der Waals surface area contributed by atoms with Crippen LogP contribution in [0.1, 0.15) is 60.9 Å². The van der Waals surface area contributed by atoms with Gasteiger partial charge in [-0.25, -0.2) is 0 Å². The number of benzene rings is 3. The van der Waals surface area contributed by atoms with E-state index in [1.807, 2.05) is 12.1 Å². The normalized spacial score (nSPS) is 12.7. The summed E-state index contributed by atoms with van der Waals surface area (Å²) in [6.07, 6.45) is -1.98. The van der Waals surface area contributed by atoms with E-state index in [4.69, 9.17) is 0 Å². The maximum absolute atomic E-state index is 13.0. The largest absolute Gasteiger partial charge is 0.416 e. The minimum atomic E-state index is -4.36. The van der Waals surface area contributed by atoms with Gasteiger partial charge < -0.3 is 0 Å². The van der Waals surface area contributed by atoms with E-state index in [2.05, 4.69) is 51.1 Å². The topological polar surface area (TPSA) is 17.1 Å². The van der Waals surface area contributed by atoms with Crippen LogP contribution in [0, 0.1) is 12.8 Å². The summed E-state index contributed by atoms with van der Waals surface area (Å²) >= 11 is 0. The molecule has 3 rings (SSSR count). The predicted molar refractivity (Wildman–Crippen MR) is 128 cm³/mol. The van der Waals surface area contributed by atoms with Gasteiger partial charge in [-0.15, -0.1) is 0 Å². The van der Waals surface area contributed by atoms with E-state index in [0.29, 0.717) is 11.5 Å². The molecule has 3 aromatic carbocycles. The summed E-state index contributed by atoms with van der Waals surface area (Å²) in [7, 11) is 0. The number of carbonyl (C=O) groups excluding carboxylic acids is 1. The number of alkyl halides is 3. The third kappa shape index (κ3) is 6.80. The molecule has 0 aromatic heterocycles. The van der Waals surface area contributed by atoms with Crippen molar-refractivity contribution in [2.24, 2.45) is 5.92 Å². The zero-order valence-electron chi connectivity index (χ0n) is 19.7. The molecular formula is C29H31F3O. The molecule has 4 heteroatoms. The molecule has 0 aliphatic rings. The Morgan fingerprint density at radius 1 is 0.818 bits per heavy atom. The summed E-state index contributed by atoms with van der Waals surface area (Å²) < 4.78 is 39.0. The van der Waals surface area contributed by atoms with Crippen molar-refractivity contribution in [2.75, 3.05) is 0 Å². The lowest BCUT2D eigenvalue weighted by atomic mass is 9.84. The van der Waals surface area contributed by atoms with Crippen LogP contribution in [0.3, 0.4) is 0 Å². The second-order valence-electron chi connectivity index (χ2n) is 9.32. The van der Waals surface area contributed by atoms with Crippen LogP contribution in [-0.4, -0.2) is 5.78 Å². The van der Waals surface area contributed by atoms with Gasteiger partial charge in [0.1, 0.15) is 5.78 Å². The van der Waals surface area contributed by atoms with Crippen LogP contribution in [0.4, 0.5) is 13.2 Å². The third-order valence-electron chi connectivity index (χ3n) is 5.98. The van der Waals surface area contributed by atoms with Crippen LogP contribution in [0.5, 0.6) is 0 Å². The van der Waals surface area contributed by atoms with Crippen LogP contribution in [0.15, 0.2) is 66.7 Å². The van der Waals surface area contributed by atoms with E-state index in [1.165, 1.54) is 23.3 Å². The van der Waals surface area contributed by atoms with Crippen molar-refractivity contribution in [3.05, 3.63) is 94.5 Å². The summed E-state index contributed by atoms with van der Waals surface area (Å²) in [6.45, 7) is 7.85.